The third kappa shape index (κ3) is 4.53. The highest BCUT2D eigenvalue weighted by atomic mass is 32.2. The van der Waals surface area contributed by atoms with Crippen LogP contribution in [-0.4, -0.2) is 54.4 Å². The Labute approximate surface area is 119 Å². The van der Waals surface area contributed by atoms with Crippen LogP contribution in [0.4, 0.5) is 0 Å². The zero-order chi connectivity index (χ0) is 13.7. The van der Waals surface area contributed by atoms with Gasteiger partial charge < -0.3 is 15.2 Å². The molecule has 2 N–H and O–H groups in total. The summed E-state index contributed by atoms with van der Waals surface area (Å²) in [7, 11) is 4.18. The number of benzene rings is 1. The fourth-order valence-electron chi connectivity index (χ4n) is 1.82. The van der Waals surface area contributed by atoms with Gasteiger partial charge >= 0.3 is 0 Å². The predicted molar refractivity (Wildman–Crippen MR) is 83.0 cm³/mol. The summed E-state index contributed by atoms with van der Waals surface area (Å²) in [5.41, 5.74) is 3.44. The van der Waals surface area contributed by atoms with E-state index in [1.54, 1.807) is 11.8 Å². The number of likely N-dealkylation sites (N-methyl/N-ethyl adjacent to an activating group) is 1. The quantitative estimate of drug-likeness (QED) is 0.601. The Balaban J connectivity index is 1.75. The summed E-state index contributed by atoms with van der Waals surface area (Å²) < 4.78 is 0. The van der Waals surface area contributed by atoms with Crippen molar-refractivity contribution in [1.82, 2.24) is 20.2 Å². The smallest absolute Gasteiger partial charge is 0.166 e. The molecule has 0 atom stereocenters. The third-order valence-electron chi connectivity index (χ3n) is 2.87. The maximum atomic E-state index is 4.57. The highest BCUT2D eigenvalue weighted by Gasteiger charge is 2.02. The molecule has 0 amide bonds. The second kappa shape index (κ2) is 6.93. The van der Waals surface area contributed by atoms with E-state index in [0.717, 1.165) is 41.6 Å². The van der Waals surface area contributed by atoms with Crippen LogP contribution in [0.5, 0.6) is 0 Å². The Morgan fingerprint density at radius 3 is 2.95 bits per heavy atom. The van der Waals surface area contributed by atoms with Crippen molar-refractivity contribution < 1.29 is 0 Å². The van der Waals surface area contributed by atoms with Gasteiger partial charge in [-0.3, -0.25) is 0 Å². The molecule has 2 rings (SSSR count). The van der Waals surface area contributed by atoms with Gasteiger partial charge in [-0.1, -0.05) is 17.8 Å². The Kier molecular flexibility index (Phi) is 5.24. The van der Waals surface area contributed by atoms with E-state index >= 15 is 0 Å². The van der Waals surface area contributed by atoms with E-state index < -0.39 is 0 Å². The van der Waals surface area contributed by atoms with Gasteiger partial charge in [-0.05, 0) is 38.7 Å². The maximum Gasteiger partial charge on any atom is 0.166 e. The number of H-pyrrole nitrogens is 1. The first-order valence-corrected chi connectivity index (χ1v) is 7.58. The summed E-state index contributed by atoms with van der Waals surface area (Å²) in [6, 6.07) is 6.31. The number of aromatic amines is 1. The second-order valence-corrected chi connectivity index (χ2v) is 6.05. The molecule has 0 aliphatic heterocycles. The van der Waals surface area contributed by atoms with Crippen LogP contribution in [0.2, 0.25) is 0 Å². The van der Waals surface area contributed by atoms with Crippen molar-refractivity contribution in [2.24, 2.45) is 0 Å². The molecule has 0 fully saturated rings. The zero-order valence-electron chi connectivity index (χ0n) is 11.9. The van der Waals surface area contributed by atoms with E-state index in [1.807, 2.05) is 0 Å². The van der Waals surface area contributed by atoms with Crippen molar-refractivity contribution in [3.05, 3.63) is 23.8 Å². The Hall–Kier alpha value is -1.04. The Morgan fingerprint density at radius 1 is 1.32 bits per heavy atom. The SMILES string of the molecule is Cc1ccc2nc(SCCNCCN(C)C)[nH]c2c1. The number of aryl methyl sites for hydroxylation is 1. The monoisotopic (exact) mass is 278 g/mol. The fraction of sp³-hybridized carbons (Fsp3) is 0.500. The predicted octanol–water partition coefficient (Wildman–Crippen LogP) is 2.11. The minimum atomic E-state index is 1.01. The zero-order valence-corrected chi connectivity index (χ0v) is 12.7. The van der Waals surface area contributed by atoms with Crippen molar-refractivity contribution in [1.29, 1.82) is 0 Å². The molecule has 0 saturated heterocycles. The van der Waals surface area contributed by atoms with Gasteiger partial charge in [0.25, 0.3) is 0 Å². The average molecular weight is 278 g/mol. The first-order valence-electron chi connectivity index (χ1n) is 6.60. The molecule has 0 radical (unpaired) electrons. The van der Waals surface area contributed by atoms with Gasteiger partial charge in [0.2, 0.25) is 0 Å². The number of hydrogen-bond donors (Lipinski definition) is 2. The molecule has 4 nitrogen and oxygen atoms in total. The molecule has 0 bridgehead atoms. The number of fused-ring (bicyclic) bond motifs is 1. The molecule has 1 heterocycles. The van der Waals surface area contributed by atoms with Crippen molar-refractivity contribution in [3.63, 3.8) is 0 Å². The van der Waals surface area contributed by atoms with Gasteiger partial charge in [0.1, 0.15) is 0 Å². The van der Waals surface area contributed by atoms with Crippen molar-refractivity contribution in [2.45, 2.75) is 12.1 Å². The van der Waals surface area contributed by atoms with E-state index in [1.165, 1.54) is 5.56 Å². The molecule has 1 aromatic carbocycles. The molecule has 0 spiro atoms. The molecular formula is C14H22N4S. The number of hydrogen-bond acceptors (Lipinski definition) is 4. The Bertz CT molecular complexity index is 521. The first kappa shape index (κ1) is 14.4. The average Bonchev–Trinajstić information content (AvgIpc) is 2.75. The summed E-state index contributed by atoms with van der Waals surface area (Å²) in [5, 5.41) is 4.43. The number of aromatic nitrogens is 2. The van der Waals surface area contributed by atoms with Crippen LogP contribution < -0.4 is 5.32 Å². The van der Waals surface area contributed by atoms with Crippen LogP contribution in [0.1, 0.15) is 5.56 Å². The molecule has 0 aliphatic carbocycles. The number of nitrogens with zero attached hydrogens (tertiary/aromatic N) is 2. The highest BCUT2D eigenvalue weighted by Crippen LogP contribution is 2.19. The van der Waals surface area contributed by atoms with Crippen LogP contribution >= 0.6 is 11.8 Å². The van der Waals surface area contributed by atoms with Gasteiger partial charge in [0.05, 0.1) is 11.0 Å². The number of rotatable bonds is 7. The molecule has 0 saturated carbocycles. The number of imidazole rings is 1. The standard InChI is InChI=1S/C14H22N4S/c1-11-4-5-12-13(10-11)17-14(16-12)19-9-7-15-6-8-18(2)3/h4-5,10,15H,6-9H2,1-3H3,(H,16,17). The van der Waals surface area contributed by atoms with Crippen molar-refractivity contribution in [2.75, 3.05) is 39.5 Å². The first-order chi connectivity index (χ1) is 9.15. The van der Waals surface area contributed by atoms with Crippen molar-refractivity contribution in [3.8, 4) is 0 Å². The van der Waals surface area contributed by atoms with Gasteiger partial charge in [0.15, 0.2) is 5.16 Å². The molecule has 5 heteroatoms. The van der Waals surface area contributed by atoms with Crippen LogP contribution in [-0.2, 0) is 0 Å². The van der Waals surface area contributed by atoms with Crippen LogP contribution in [0.3, 0.4) is 0 Å². The highest BCUT2D eigenvalue weighted by molar-refractivity contribution is 7.99. The van der Waals surface area contributed by atoms with E-state index in [4.69, 9.17) is 0 Å². The van der Waals surface area contributed by atoms with E-state index in [9.17, 15) is 0 Å². The van der Waals surface area contributed by atoms with E-state index in [0.29, 0.717) is 0 Å². The summed E-state index contributed by atoms with van der Waals surface area (Å²) in [6.07, 6.45) is 0. The topological polar surface area (TPSA) is 44.0 Å². The van der Waals surface area contributed by atoms with Gasteiger partial charge in [-0.25, -0.2) is 4.98 Å². The van der Waals surface area contributed by atoms with Crippen LogP contribution in [0.25, 0.3) is 11.0 Å². The van der Waals surface area contributed by atoms with Crippen molar-refractivity contribution >= 4 is 22.8 Å². The molecule has 1 aromatic heterocycles. The normalized spacial score (nSPS) is 11.6. The number of nitrogens with one attached hydrogen (secondary N) is 2. The molecule has 2 aromatic rings. The molecule has 0 aliphatic rings. The Morgan fingerprint density at radius 2 is 2.16 bits per heavy atom. The summed E-state index contributed by atoms with van der Waals surface area (Å²) in [5.74, 6) is 1.03. The minimum absolute atomic E-state index is 1.01. The lowest BCUT2D eigenvalue weighted by Gasteiger charge is -2.09. The second-order valence-electron chi connectivity index (χ2n) is 4.96. The van der Waals surface area contributed by atoms with Crippen LogP contribution in [0, 0.1) is 6.92 Å². The van der Waals surface area contributed by atoms with E-state index in [2.05, 4.69) is 59.4 Å². The largest absolute Gasteiger partial charge is 0.333 e. The number of thioether (sulfide) groups is 1. The molecule has 19 heavy (non-hydrogen) atoms. The molecule has 0 unspecified atom stereocenters. The lowest BCUT2D eigenvalue weighted by Crippen LogP contribution is -2.27. The lowest BCUT2D eigenvalue weighted by atomic mass is 10.2. The maximum absolute atomic E-state index is 4.57. The summed E-state index contributed by atoms with van der Waals surface area (Å²) in [6.45, 7) is 5.22. The third-order valence-corrected chi connectivity index (χ3v) is 3.74. The minimum Gasteiger partial charge on any atom is -0.333 e. The van der Waals surface area contributed by atoms with Gasteiger partial charge in [-0.2, -0.15) is 0 Å². The molecule has 104 valence electrons. The lowest BCUT2D eigenvalue weighted by molar-refractivity contribution is 0.403. The van der Waals surface area contributed by atoms with E-state index in [-0.39, 0.29) is 0 Å². The van der Waals surface area contributed by atoms with Crippen LogP contribution in [0.15, 0.2) is 23.4 Å². The fourth-order valence-corrected chi connectivity index (χ4v) is 2.60. The van der Waals surface area contributed by atoms with Gasteiger partial charge in [-0.15, -0.1) is 0 Å². The summed E-state index contributed by atoms with van der Waals surface area (Å²) >= 11 is 1.77. The summed E-state index contributed by atoms with van der Waals surface area (Å²) in [4.78, 5) is 10.1. The van der Waals surface area contributed by atoms with Gasteiger partial charge in [0, 0.05) is 25.4 Å². The molecular weight excluding hydrogens is 256 g/mol.